The predicted molar refractivity (Wildman–Crippen MR) is 154 cm³/mol. The molecule has 198 valence electrons. The van der Waals surface area contributed by atoms with Gasteiger partial charge in [0.05, 0.1) is 28.5 Å². The smallest absolute Gasteiger partial charge is 0.338 e. The van der Waals surface area contributed by atoms with Gasteiger partial charge in [-0.15, -0.1) is 0 Å². The Balaban J connectivity index is 1.59. The van der Waals surface area contributed by atoms with Crippen LogP contribution in [0.2, 0.25) is 10.0 Å². The van der Waals surface area contributed by atoms with Crippen molar-refractivity contribution in [3.63, 3.8) is 0 Å². The summed E-state index contributed by atoms with van der Waals surface area (Å²) in [7, 11) is 0. The Morgan fingerprint density at radius 2 is 1.69 bits per heavy atom. The molecule has 6 nitrogen and oxygen atoms in total. The summed E-state index contributed by atoms with van der Waals surface area (Å²) in [6.07, 6.45) is 1.79. The molecule has 0 radical (unpaired) electrons. The Hall–Kier alpha value is -3.65. The number of nitrogens with zero attached hydrogens (tertiary/aromatic N) is 2. The number of carbonyl (C=O) groups is 1. The van der Waals surface area contributed by atoms with Gasteiger partial charge in [0.1, 0.15) is 12.4 Å². The second kappa shape index (κ2) is 11.6. The van der Waals surface area contributed by atoms with Gasteiger partial charge in [-0.2, -0.15) is 0 Å². The van der Waals surface area contributed by atoms with Gasteiger partial charge in [0.25, 0.3) is 5.56 Å². The molecule has 0 N–H and O–H groups in total. The van der Waals surface area contributed by atoms with Crippen LogP contribution >= 0.6 is 34.5 Å². The first-order valence-corrected chi connectivity index (χ1v) is 13.8. The summed E-state index contributed by atoms with van der Waals surface area (Å²) in [5.41, 5.74) is 3.02. The van der Waals surface area contributed by atoms with Crippen LogP contribution in [0.25, 0.3) is 6.08 Å². The number of halogens is 2. The zero-order chi connectivity index (χ0) is 27.5. The SMILES string of the molecule is CCOC(=O)C1=C(C)N=c2s/c(=C\c3ccccc3OCc3ccc(Cl)cc3)c(=O)n2C1c1ccc(Cl)cc1. The highest BCUT2D eigenvalue weighted by Gasteiger charge is 2.33. The highest BCUT2D eigenvalue weighted by molar-refractivity contribution is 7.07. The molecule has 1 aromatic heterocycles. The molecule has 4 aromatic rings. The minimum absolute atomic E-state index is 0.209. The van der Waals surface area contributed by atoms with Gasteiger partial charge in [0, 0.05) is 15.6 Å². The second-order valence-electron chi connectivity index (χ2n) is 8.81. The molecular formula is C30H24Cl2N2O4S. The number of para-hydroxylation sites is 1. The molecule has 1 unspecified atom stereocenters. The summed E-state index contributed by atoms with van der Waals surface area (Å²) in [5, 5.41) is 1.22. The minimum Gasteiger partial charge on any atom is -0.488 e. The van der Waals surface area contributed by atoms with Crippen LogP contribution in [0.4, 0.5) is 0 Å². The van der Waals surface area contributed by atoms with E-state index in [0.29, 0.717) is 43.0 Å². The lowest BCUT2D eigenvalue weighted by molar-refractivity contribution is -0.139. The van der Waals surface area contributed by atoms with Gasteiger partial charge in [-0.25, -0.2) is 9.79 Å². The summed E-state index contributed by atoms with van der Waals surface area (Å²) in [6, 6.07) is 21.3. The lowest BCUT2D eigenvalue weighted by Gasteiger charge is -2.24. The number of benzene rings is 3. The molecule has 1 aliphatic heterocycles. The highest BCUT2D eigenvalue weighted by atomic mass is 35.5. The molecule has 0 aliphatic carbocycles. The molecule has 39 heavy (non-hydrogen) atoms. The summed E-state index contributed by atoms with van der Waals surface area (Å²) in [4.78, 5) is 32.0. The van der Waals surface area contributed by atoms with Crippen molar-refractivity contribution in [1.82, 2.24) is 4.57 Å². The van der Waals surface area contributed by atoms with E-state index < -0.39 is 12.0 Å². The van der Waals surface area contributed by atoms with E-state index in [1.54, 1.807) is 36.6 Å². The number of esters is 1. The second-order valence-corrected chi connectivity index (χ2v) is 10.7. The van der Waals surface area contributed by atoms with Crippen molar-refractivity contribution in [2.24, 2.45) is 4.99 Å². The Labute approximate surface area is 239 Å². The van der Waals surface area contributed by atoms with E-state index in [-0.39, 0.29) is 12.2 Å². The van der Waals surface area contributed by atoms with Crippen LogP contribution < -0.4 is 19.6 Å². The van der Waals surface area contributed by atoms with Crippen LogP contribution in [-0.2, 0) is 16.1 Å². The van der Waals surface area contributed by atoms with Crippen molar-refractivity contribution >= 4 is 46.6 Å². The Morgan fingerprint density at radius 3 is 2.38 bits per heavy atom. The van der Waals surface area contributed by atoms with Crippen LogP contribution in [0.1, 0.15) is 36.6 Å². The third-order valence-corrected chi connectivity index (χ3v) is 7.70. The van der Waals surface area contributed by atoms with Crippen molar-refractivity contribution in [2.45, 2.75) is 26.5 Å². The molecule has 0 amide bonds. The average molecular weight is 580 g/mol. The zero-order valence-corrected chi connectivity index (χ0v) is 23.5. The maximum atomic E-state index is 13.9. The van der Waals surface area contributed by atoms with E-state index >= 15 is 0 Å². The van der Waals surface area contributed by atoms with Gasteiger partial charge in [-0.3, -0.25) is 9.36 Å². The van der Waals surface area contributed by atoms with Crippen molar-refractivity contribution in [1.29, 1.82) is 0 Å². The maximum Gasteiger partial charge on any atom is 0.338 e. The molecule has 0 fully saturated rings. The third kappa shape index (κ3) is 5.71. The molecule has 3 aromatic carbocycles. The number of hydrogen-bond acceptors (Lipinski definition) is 6. The van der Waals surface area contributed by atoms with Gasteiger partial charge in [-0.1, -0.05) is 77.0 Å². The summed E-state index contributed by atoms with van der Waals surface area (Å²) in [5.74, 6) is 0.129. The number of aromatic nitrogens is 1. The summed E-state index contributed by atoms with van der Waals surface area (Å²) < 4.78 is 13.4. The van der Waals surface area contributed by atoms with Crippen molar-refractivity contribution in [2.75, 3.05) is 6.61 Å². The van der Waals surface area contributed by atoms with E-state index in [9.17, 15) is 9.59 Å². The molecule has 1 atom stereocenters. The predicted octanol–water partition coefficient (Wildman–Crippen LogP) is 5.68. The van der Waals surface area contributed by atoms with Crippen LogP contribution in [-0.4, -0.2) is 17.1 Å². The molecule has 0 spiro atoms. The van der Waals surface area contributed by atoms with Crippen molar-refractivity contribution in [3.8, 4) is 5.75 Å². The van der Waals surface area contributed by atoms with E-state index in [2.05, 4.69) is 4.99 Å². The van der Waals surface area contributed by atoms with Gasteiger partial charge in [0.2, 0.25) is 0 Å². The van der Waals surface area contributed by atoms with Crippen LogP contribution in [0, 0.1) is 0 Å². The zero-order valence-electron chi connectivity index (χ0n) is 21.2. The molecule has 0 saturated heterocycles. The van der Waals surface area contributed by atoms with Gasteiger partial charge in [-0.05, 0) is 61.4 Å². The number of allylic oxidation sites excluding steroid dienone is 1. The number of hydrogen-bond donors (Lipinski definition) is 0. The topological polar surface area (TPSA) is 69.9 Å². The molecular weight excluding hydrogens is 555 g/mol. The first-order chi connectivity index (χ1) is 18.9. The van der Waals surface area contributed by atoms with Crippen molar-refractivity contribution < 1.29 is 14.3 Å². The van der Waals surface area contributed by atoms with E-state index in [4.69, 9.17) is 32.7 Å². The van der Waals surface area contributed by atoms with Crippen LogP contribution in [0.3, 0.4) is 0 Å². The molecule has 9 heteroatoms. The number of carbonyl (C=O) groups excluding carboxylic acids is 1. The fourth-order valence-electron chi connectivity index (χ4n) is 4.37. The molecule has 1 aliphatic rings. The number of thiazole rings is 1. The van der Waals surface area contributed by atoms with Crippen LogP contribution in [0.5, 0.6) is 5.75 Å². The van der Waals surface area contributed by atoms with Crippen molar-refractivity contribution in [3.05, 3.63) is 130 Å². The fourth-order valence-corrected chi connectivity index (χ4v) is 5.66. The monoisotopic (exact) mass is 578 g/mol. The number of fused-ring (bicyclic) bond motifs is 1. The average Bonchev–Trinajstić information content (AvgIpc) is 3.23. The number of ether oxygens (including phenoxy) is 2. The van der Waals surface area contributed by atoms with Crippen LogP contribution in [0.15, 0.2) is 93.9 Å². The first-order valence-electron chi connectivity index (χ1n) is 12.3. The fraction of sp³-hybridized carbons (Fsp3) is 0.167. The van der Waals surface area contributed by atoms with Gasteiger partial charge >= 0.3 is 5.97 Å². The highest BCUT2D eigenvalue weighted by Crippen LogP contribution is 2.31. The number of rotatable bonds is 7. The molecule has 0 saturated carbocycles. The molecule has 0 bridgehead atoms. The van der Waals surface area contributed by atoms with Gasteiger partial charge in [0.15, 0.2) is 4.80 Å². The Kier molecular flexibility index (Phi) is 8.02. The maximum absolute atomic E-state index is 13.9. The molecule has 5 rings (SSSR count). The first kappa shape index (κ1) is 26.9. The normalized spacial score (nSPS) is 15.1. The quantitative estimate of drug-likeness (QED) is 0.264. The van der Waals surface area contributed by atoms with Gasteiger partial charge < -0.3 is 9.47 Å². The molecule has 2 heterocycles. The van der Waals surface area contributed by atoms with E-state index in [1.807, 2.05) is 60.7 Å². The largest absolute Gasteiger partial charge is 0.488 e. The van der Waals surface area contributed by atoms with E-state index in [0.717, 1.165) is 16.7 Å². The third-order valence-electron chi connectivity index (χ3n) is 6.22. The Bertz CT molecular complexity index is 1740. The summed E-state index contributed by atoms with van der Waals surface area (Å²) in [6.45, 7) is 4.06. The van der Waals surface area contributed by atoms with E-state index in [1.165, 1.54) is 11.3 Å². The Morgan fingerprint density at radius 1 is 1.03 bits per heavy atom. The minimum atomic E-state index is -0.698. The lowest BCUT2D eigenvalue weighted by atomic mass is 9.96. The lowest BCUT2D eigenvalue weighted by Crippen LogP contribution is -2.39. The summed E-state index contributed by atoms with van der Waals surface area (Å²) >= 11 is 13.4. The standard InChI is InChI=1S/C30H24Cl2N2O4S/c1-3-37-29(36)26-18(2)33-30-34(27(26)20-10-14-23(32)15-11-20)28(35)25(39-30)16-21-6-4-5-7-24(21)38-17-19-8-12-22(31)13-9-19/h4-16,27H,3,17H2,1-2H3/b25-16-.